The lowest BCUT2D eigenvalue weighted by Gasteiger charge is -2.23. The largest absolute Gasteiger partial charge is 0.350 e. The third-order valence-corrected chi connectivity index (χ3v) is 4.95. The summed E-state index contributed by atoms with van der Waals surface area (Å²) >= 11 is 0. The Morgan fingerprint density at radius 3 is 2.20 bits per heavy atom. The van der Waals surface area contributed by atoms with Crippen molar-refractivity contribution in [3.8, 4) is 0 Å². The topological polar surface area (TPSA) is 66.5 Å². The van der Waals surface area contributed by atoms with E-state index < -0.39 is 10.0 Å². The number of carbonyl (C=O) groups is 1. The van der Waals surface area contributed by atoms with Crippen LogP contribution in [-0.2, 0) is 16.6 Å². The molecular weight excluding hydrogens is 336 g/mol. The number of aryl methyl sites for hydroxylation is 1. The predicted molar refractivity (Wildman–Crippen MR) is 101 cm³/mol. The standard InChI is InChI=1S/C19H24N2O3S/c1-14(2)20-19(22)16-9-11-18(12-10-16)21(25(4,23)24)13-17-8-6-5-7-15(17)3/h5-12,14H,13H2,1-4H3,(H,20,22). The number of hydrogen-bond acceptors (Lipinski definition) is 3. The summed E-state index contributed by atoms with van der Waals surface area (Å²) in [7, 11) is -3.45. The van der Waals surface area contributed by atoms with Gasteiger partial charge in [-0.2, -0.15) is 0 Å². The molecule has 0 heterocycles. The van der Waals surface area contributed by atoms with E-state index in [1.54, 1.807) is 24.3 Å². The van der Waals surface area contributed by atoms with Gasteiger partial charge in [0.15, 0.2) is 0 Å². The monoisotopic (exact) mass is 360 g/mol. The summed E-state index contributed by atoms with van der Waals surface area (Å²) in [6.07, 6.45) is 1.19. The van der Waals surface area contributed by atoms with Crippen molar-refractivity contribution in [1.82, 2.24) is 5.32 Å². The molecule has 2 aromatic carbocycles. The molecule has 0 aliphatic rings. The van der Waals surface area contributed by atoms with Gasteiger partial charge in [0.1, 0.15) is 0 Å². The van der Waals surface area contributed by atoms with Crippen LogP contribution in [0.3, 0.4) is 0 Å². The van der Waals surface area contributed by atoms with E-state index >= 15 is 0 Å². The van der Waals surface area contributed by atoms with Crippen molar-refractivity contribution in [2.24, 2.45) is 0 Å². The number of carbonyl (C=O) groups excluding carboxylic acids is 1. The van der Waals surface area contributed by atoms with Gasteiger partial charge in [-0.25, -0.2) is 8.42 Å². The summed E-state index contributed by atoms with van der Waals surface area (Å²) in [5.74, 6) is -0.175. The number of rotatable bonds is 6. The van der Waals surface area contributed by atoms with Gasteiger partial charge in [0.2, 0.25) is 10.0 Å². The fraction of sp³-hybridized carbons (Fsp3) is 0.316. The maximum absolute atomic E-state index is 12.3. The van der Waals surface area contributed by atoms with E-state index in [1.807, 2.05) is 45.0 Å². The smallest absolute Gasteiger partial charge is 0.251 e. The summed E-state index contributed by atoms with van der Waals surface area (Å²) in [5, 5.41) is 2.81. The van der Waals surface area contributed by atoms with Crippen molar-refractivity contribution >= 4 is 21.6 Å². The Morgan fingerprint density at radius 2 is 1.68 bits per heavy atom. The van der Waals surface area contributed by atoms with Crippen LogP contribution in [0.25, 0.3) is 0 Å². The van der Waals surface area contributed by atoms with Crippen molar-refractivity contribution < 1.29 is 13.2 Å². The Labute approximate surface area is 149 Å². The molecule has 0 saturated carbocycles. The number of benzene rings is 2. The molecule has 6 heteroatoms. The molecule has 0 fully saturated rings. The SMILES string of the molecule is Cc1ccccc1CN(c1ccc(C(=O)NC(C)C)cc1)S(C)(=O)=O. The molecule has 2 rings (SSSR count). The molecule has 0 spiro atoms. The van der Waals surface area contributed by atoms with Crippen LogP contribution in [-0.4, -0.2) is 26.6 Å². The maximum atomic E-state index is 12.3. The van der Waals surface area contributed by atoms with Crippen LogP contribution in [0.2, 0.25) is 0 Å². The van der Waals surface area contributed by atoms with Crippen LogP contribution >= 0.6 is 0 Å². The normalized spacial score (nSPS) is 11.4. The molecule has 0 aliphatic carbocycles. The van der Waals surface area contributed by atoms with Crippen LogP contribution in [0.4, 0.5) is 5.69 Å². The molecule has 5 nitrogen and oxygen atoms in total. The fourth-order valence-electron chi connectivity index (χ4n) is 2.47. The summed E-state index contributed by atoms with van der Waals surface area (Å²) < 4.78 is 25.9. The zero-order chi connectivity index (χ0) is 18.6. The van der Waals surface area contributed by atoms with Gasteiger partial charge in [0.25, 0.3) is 5.91 Å². The maximum Gasteiger partial charge on any atom is 0.251 e. The first-order chi connectivity index (χ1) is 11.7. The lowest BCUT2D eigenvalue weighted by atomic mass is 10.1. The van der Waals surface area contributed by atoms with Crippen LogP contribution < -0.4 is 9.62 Å². The second-order valence-corrected chi connectivity index (χ2v) is 8.28. The lowest BCUT2D eigenvalue weighted by molar-refractivity contribution is 0.0943. The van der Waals surface area contributed by atoms with Gasteiger partial charge in [-0.3, -0.25) is 9.10 Å². The molecule has 2 aromatic rings. The van der Waals surface area contributed by atoms with Crippen LogP contribution in [0.15, 0.2) is 48.5 Å². The van der Waals surface area contributed by atoms with E-state index in [0.717, 1.165) is 11.1 Å². The third-order valence-electron chi connectivity index (χ3n) is 3.81. The molecule has 0 aromatic heterocycles. The second-order valence-electron chi connectivity index (χ2n) is 6.37. The highest BCUT2D eigenvalue weighted by Gasteiger charge is 2.19. The van der Waals surface area contributed by atoms with Gasteiger partial charge in [-0.05, 0) is 56.2 Å². The van der Waals surface area contributed by atoms with Gasteiger partial charge in [-0.15, -0.1) is 0 Å². The number of hydrogen-bond donors (Lipinski definition) is 1. The molecule has 0 aliphatic heterocycles. The minimum atomic E-state index is -3.45. The quantitative estimate of drug-likeness (QED) is 0.861. The molecule has 0 atom stereocenters. The van der Waals surface area contributed by atoms with Crippen LogP contribution in [0, 0.1) is 6.92 Å². The Bertz CT molecular complexity index is 843. The zero-order valence-corrected chi connectivity index (χ0v) is 15.8. The number of nitrogens with zero attached hydrogens (tertiary/aromatic N) is 1. The number of amides is 1. The van der Waals surface area contributed by atoms with Crippen molar-refractivity contribution in [2.45, 2.75) is 33.4 Å². The number of anilines is 1. The van der Waals surface area contributed by atoms with Gasteiger partial charge in [-0.1, -0.05) is 24.3 Å². The molecule has 1 amide bonds. The van der Waals surface area contributed by atoms with Crippen molar-refractivity contribution in [2.75, 3.05) is 10.6 Å². The van der Waals surface area contributed by atoms with Gasteiger partial charge in [0, 0.05) is 11.6 Å². The van der Waals surface area contributed by atoms with Crippen molar-refractivity contribution in [1.29, 1.82) is 0 Å². The lowest BCUT2D eigenvalue weighted by Crippen LogP contribution is -2.31. The molecule has 1 N–H and O–H groups in total. The van der Waals surface area contributed by atoms with Crippen LogP contribution in [0.1, 0.15) is 35.3 Å². The second kappa shape index (κ2) is 7.70. The summed E-state index contributed by atoms with van der Waals surface area (Å²) in [6.45, 7) is 5.98. The van der Waals surface area contributed by atoms with E-state index in [2.05, 4.69) is 5.32 Å². The number of sulfonamides is 1. The van der Waals surface area contributed by atoms with E-state index in [1.165, 1.54) is 10.6 Å². The van der Waals surface area contributed by atoms with E-state index in [0.29, 0.717) is 11.3 Å². The Hall–Kier alpha value is -2.34. The third kappa shape index (κ3) is 5.06. The minimum absolute atomic E-state index is 0.0424. The van der Waals surface area contributed by atoms with E-state index in [9.17, 15) is 13.2 Å². The summed E-state index contributed by atoms with van der Waals surface area (Å²) in [5.41, 5.74) is 3.01. The van der Waals surface area contributed by atoms with Gasteiger partial charge in [0.05, 0.1) is 18.5 Å². The van der Waals surface area contributed by atoms with Crippen molar-refractivity contribution in [3.05, 3.63) is 65.2 Å². The molecule has 25 heavy (non-hydrogen) atoms. The average molecular weight is 360 g/mol. The molecule has 0 saturated heterocycles. The first-order valence-electron chi connectivity index (χ1n) is 8.11. The Kier molecular flexibility index (Phi) is 5.85. The zero-order valence-electron chi connectivity index (χ0n) is 15.0. The highest BCUT2D eigenvalue weighted by Crippen LogP contribution is 2.22. The molecule has 0 bridgehead atoms. The van der Waals surface area contributed by atoms with E-state index in [4.69, 9.17) is 0 Å². The van der Waals surface area contributed by atoms with Crippen LogP contribution in [0.5, 0.6) is 0 Å². The van der Waals surface area contributed by atoms with E-state index in [-0.39, 0.29) is 18.5 Å². The highest BCUT2D eigenvalue weighted by molar-refractivity contribution is 7.92. The first kappa shape index (κ1) is 19.0. The molecular formula is C19H24N2O3S. The predicted octanol–water partition coefficient (Wildman–Crippen LogP) is 3.10. The molecule has 0 unspecified atom stereocenters. The average Bonchev–Trinajstić information content (AvgIpc) is 2.52. The summed E-state index contributed by atoms with van der Waals surface area (Å²) in [4.78, 5) is 12.0. The molecule has 0 radical (unpaired) electrons. The molecule has 134 valence electrons. The van der Waals surface area contributed by atoms with Crippen molar-refractivity contribution in [3.63, 3.8) is 0 Å². The number of nitrogens with one attached hydrogen (secondary N) is 1. The first-order valence-corrected chi connectivity index (χ1v) is 9.96. The fourth-order valence-corrected chi connectivity index (χ4v) is 3.35. The summed E-state index contributed by atoms with van der Waals surface area (Å²) in [6, 6.07) is 14.3. The Balaban J connectivity index is 2.30. The minimum Gasteiger partial charge on any atom is -0.350 e. The van der Waals surface area contributed by atoms with Gasteiger partial charge < -0.3 is 5.32 Å². The van der Waals surface area contributed by atoms with Gasteiger partial charge >= 0.3 is 0 Å². The Morgan fingerprint density at radius 1 is 1.08 bits per heavy atom. The highest BCUT2D eigenvalue weighted by atomic mass is 32.2.